The molecule has 0 aromatic rings. The van der Waals surface area contributed by atoms with Crippen molar-refractivity contribution in [1.29, 1.82) is 0 Å². The molecule has 134 valence electrons. The van der Waals surface area contributed by atoms with Gasteiger partial charge in [0.25, 0.3) is 0 Å². The van der Waals surface area contributed by atoms with Crippen molar-refractivity contribution in [2.75, 3.05) is 32.7 Å². The van der Waals surface area contributed by atoms with Crippen LogP contribution in [0, 0.1) is 11.3 Å². The van der Waals surface area contributed by atoms with Crippen LogP contribution in [-0.4, -0.2) is 48.4 Å². The molecule has 2 saturated heterocycles. The zero-order valence-corrected chi connectivity index (χ0v) is 15.8. The van der Waals surface area contributed by atoms with Crippen LogP contribution in [0.2, 0.25) is 0 Å². The van der Waals surface area contributed by atoms with Gasteiger partial charge in [-0.2, -0.15) is 0 Å². The Labute approximate surface area is 143 Å². The minimum Gasteiger partial charge on any atom is -0.343 e. The van der Waals surface area contributed by atoms with Crippen molar-refractivity contribution < 1.29 is 4.79 Å². The average Bonchev–Trinajstić information content (AvgIpc) is 2.49. The number of unbranched alkanes of at least 4 members (excludes halogenated alkanes) is 5. The average molecular weight is 323 g/mol. The predicted octanol–water partition coefficient (Wildman–Crippen LogP) is 4.32. The molecule has 23 heavy (non-hydrogen) atoms. The summed E-state index contributed by atoms with van der Waals surface area (Å²) in [6.07, 6.45) is 10.8. The summed E-state index contributed by atoms with van der Waals surface area (Å²) in [6, 6.07) is 0. The van der Waals surface area contributed by atoms with Gasteiger partial charge in [0.05, 0.1) is 0 Å². The van der Waals surface area contributed by atoms with Crippen molar-refractivity contribution in [1.82, 2.24) is 9.80 Å². The second-order valence-electron chi connectivity index (χ2n) is 8.46. The van der Waals surface area contributed by atoms with Crippen molar-refractivity contribution in [2.45, 2.75) is 78.6 Å². The smallest absolute Gasteiger partial charge is 0.222 e. The molecule has 0 unspecified atom stereocenters. The maximum absolute atomic E-state index is 12.3. The fourth-order valence-electron chi connectivity index (χ4n) is 4.31. The highest BCUT2D eigenvalue weighted by Crippen LogP contribution is 2.40. The molecule has 2 rings (SSSR count). The van der Waals surface area contributed by atoms with Gasteiger partial charge in [0, 0.05) is 39.1 Å². The second kappa shape index (κ2) is 9.05. The van der Waals surface area contributed by atoms with E-state index in [4.69, 9.17) is 0 Å². The van der Waals surface area contributed by atoms with E-state index in [1.807, 2.05) is 0 Å². The Morgan fingerprint density at radius 3 is 2.22 bits per heavy atom. The maximum Gasteiger partial charge on any atom is 0.222 e. The van der Waals surface area contributed by atoms with Crippen LogP contribution in [0.5, 0.6) is 0 Å². The largest absolute Gasteiger partial charge is 0.343 e. The van der Waals surface area contributed by atoms with Crippen molar-refractivity contribution in [2.24, 2.45) is 11.3 Å². The van der Waals surface area contributed by atoms with Crippen LogP contribution in [0.1, 0.15) is 78.6 Å². The molecular weight excluding hydrogens is 284 g/mol. The number of hydrogen-bond donors (Lipinski definition) is 0. The molecule has 3 heteroatoms. The third-order valence-corrected chi connectivity index (χ3v) is 5.66. The number of piperidine rings is 1. The number of rotatable bonds is 9. The van der Waals surface area contributed by atoms with Crippen LogP contribution >= 0.6 is 0 Å². The molecule has 0 atom stereocenters. The number of carbonyl (C=O) groups is 1. The minimum atomic E-state index is 0.411. The summed E-state index contributed by atoms with van der Waals surface area (Å²) in [5, 5.41) is 0. The molecule has 0 radical (unpaired) electrons. The van der Waals surface area contributed by atoms with Gasteiger partial charge in [-0.3, -0.25) is 4.79 Å². The molecule has 1 spiro atoms. The highest BCUT2D eigenvalue weighted by atomic mass is 16.2. The van der Waals surface area contributed by atoms with E-state index in [1.54, 1.807) is 0 Å². The Morgan fingerprint density at radius 1 is 1.00 bits per heavy atom. The first kappa shape index (κ1) is 18.8. The molecule has 0 bridgehead atoms. The first-order valence-corrected chi connectivity index (χ1v) is 10.0. The maximum atomic E-state index is 12.3. The van der Waals surface area contributed by atoms with Gasteiger partial charge in [0.15, 0.2) is 0 Å². The quantitative estimate of drug-likeness (QED) is 0.590. The molecule has 0 aliphatic carbocycles. The monoisotopic (exact) mass is 322 g/mol. The number of hydrogen-bond acceptors (Lipinski definition) is 2. The minimum absolute atomic E-state index is 0.411. The zero-order valence-electron chi connectivity index (χ0n) is 15.8. The van der Waals surface area contributed by atoms with Gasteiger partial charge in [-0.1, -0.05) is 52.9 Å². The van der Waals surface area contributed by atoms with Crippen LogP contribution in [0.4, 0.5) is 0 Å². The van der Waals surface area contributed by atoms with Crippen molar-refractivity contribution in [3.63, 3.8) is 0 Å². The zero-order chi connectivity index (χ0) is 16.7. The van der Waals surface area contributed by atoms with E-state index in [1.165, 1.54) is 64.6 Å². The number of likely N-dealkylation sites (tertiary alicyclic amines) is 2. The fraction of sp³-hybridized carbons (Fsp3) is 0.950. The van der Waals surface area contributed by atoms with Gasteiger partial charge in [-0.15, -0.1) is 0 Å². The summed E-state index contributed by atoms with van der Waals surface area (Å²) >= 11 is 0. The van der Waals surface area contributed by atoms with Crippen molar-refractivity contribution in [3.05, 3.63) is 0 Å². The molecule has 2 heterocycles. The van der Waals surface area contributed by atoms with E-state index in [2.05, 4.69) is 30.6 Å². The lowest BCUT2D eigenvalue weighted by molar-refractivity contribution is -0.136. The third kappa shape index (κ3) is 5.77. The summed E-state index contributed by atoms with van der Waals surface area (Å²) < 4.78 is 0. The first-order chi connectivity index (χ1) is 11.0. The molecule has 0 N–H and O–H groups in total. The van der Waals surface area contributed by atoms with Crippen molar-refractivity contribution in [3.8, 4) is 0 Å². The fourth-order valence-corrected chi connectivity index (χ4v) is 4.31. The Kier molecular flexibility index (Phi) is 7.39. The van der Waals surface area contributed by atoms with E-state index in [0.29, 0.717) is 11.3 Å². The van der Waals surface area contributed by atoms with Gasteiger partial charge in [-0.05, 0) is 30.6 Å². The lowest BCUT2D eigenvalue weighted by atomic mass is 9.71. The molecule has 2 fully saturated rings. The normalized spacial score (nSPS) is 21.0. The Hall–Kier alpha value is -0.570. The SMILES string of the molecule is CCCCCCCCC(=O)N1CCC2(CC1)CN(CC(C)C)C2. The standard InChI is InChI=1S/C20H38N2O/c1-4-5-6-7-8-9-10-19(23)22-13-11-20(12-14-22)16-21(17-20)15-18(2)3/h18H,4-17H2,1-3H3. The summed E-state index contributed by atoms with van der Waals surface area (Å²) in [4.78, 5) is 17.1. The number of nitrogens with zero attached hydrogens (tertiary/aromatic N) is 2. The molecule has 1 amide bonds. The Balaban J connectivity index is 1.57. The van der Waals surface area contributed by atoms with Gasteiger partial charge in [0.2, 0.25) is 5.91 Å². The highest BCUT2D eigenvalue weighted by molar-refractivity contribution is 5.76. The first-order valence-electron chi connectivity index (χ1n) is 10.0. The molecule has 0 aromatic heterocycles. The lowest BCUT2D eigenvalue weighted by Crippen LogP contribution is -2.61. The molecule has 0 aromatic carbocycles. The summed E-state index contributed by atoms with van der Waals surface area (Å²) in [5.74, 6) is 1.18. The van der Waals surface area contributed by atoms with E-state index >= 15 is 0 Å². The van der Waals surface area contributed by atoms with E-state index in [9.17, 15) is 4.79 Å². The van der Waals surface area contributed by atoms with Crippen LogP contribution in [0.15, 0.2) is 0 Å². The molecule has 2 aliphatic rings. The van der Waals surface area contributed by atoms with Crippen LogP contribution in [-0.2, 0) is 4.79 Å². The Morgan fingerprint density at radius 2 is 1.61 bits per heavy atom. The molecule has 0 saturated carbocycles. The van der Waals surface area contributed by atoms with Gasteiger partial charge in [0.1, 0.15) is 0 Å². The second-order valence-corrected chi connectivity index (χ2v) is 8.46. The summed E-state index contributed by atoms with van der Waals surface area (Å²) in [7, 11) is 0. The number of amides is 1. The topological polar surface area (TPSA) is 23.6 Å². The molecule has 2 aliphatic heterocycles. The van der Waals surface area contributed by atoms with Gasteiger partial charge < -0.3 is 9.80 Å². The predicted molar refractivity (Wildman–Crippen MR) is 97.5 cm³/mol. The molecule has 3 nitrogen and oxygen atoms in total. The van der Waals surface area contributed by atoms with Crippen LogP contribution in [0.3, 0.4) is 0 Å². The summed E-state index contributed by atoms with van der Waals surface area (Å²) in [5.41, 5.74) is 0.547. The van der Waals surface area contributed by atoms with E-state index < -0.39 is 0 Å². The Bertz CT molecular complexity index is 351. The van der Waals surface area contributed by atoms with E-state index in [0.717, 1.165) is 31.8 Å². The van der Waals surface area contributed by atoms with Crippen LogP contribution < -0.4 is 0 Å². The lowest BCUT2D eigenvalue weighted by Gasteiger charge is -2.54. The summed E-state index contributed by atoms with van der Waals surface area (Å²) in [6.45, 7) is 12.6. The van der Waals surface area contributed by atoms with Crippen molar-refractivity contribution >= 4 is 5.91 Å². The number of carbonyl (C=O) groups excluding carboxylic acids is 1. The van der Waals surface area contributed by atoms with Crippen LogP contribution in [0.25, 0.3) is 0 Å². The molecular formula is C20H38N2O. The van der Waals surface area contributed by atoms with E-state index in [-0.39, 0.29) is 0 Å². The third-order valence-electron chi connectivity index (χ3n) is 5.66. The van der Waals surface area contributed by atoms with Gasteiger partial charge >= 0.3 is 0 Å². The van der Waals surface area contributed by atoms with Gasteiger partial charge in [-0.25, -0.2) is 0 Å². The highest BCUT2D eigenvalue weighted by Gasteiger charge is 2.44.